The predicted molar refractivity (Wildman–Crippen MR) is 123 cm³/mol. The number of hydrogen-bond donors (Lipinski definition) is 0. The molecule has 0 radical (unpaired) electrons. The minimum Gasteiger partial charge on any atom is -0.490 e. The standard InChI is InChI=1S/C26H25N3O3/c1-29-9-7-23(8-10-29)32-24-4-2-3-18(13-24)25(30)14-22-12-21-11-19(26-16-27-17-31-26)5-6-20(21)15-28-22/h2-6,11-13,15-17,23H,7-10,14H2,1H3. The van der Waals surface area contributed by atoms with Crippen molar-refractivity contribution in [3.63, 3.8) is 0 Å². The maximum atomic E-state index is 13.0. The third-order valence-electron chi connectivity index (χ3n) is 5.96. The van der Waals surface area contributed by atoms with Crippen LogP contribution in [0.5, 0.6) is 5.75 Å². The molecule has 32 heavy (non-hydrogen) atoms. The Kier molecular flexibility index (Phi) is 5.69. The molecule has 2 aromatic carbocycles. The Hall–Kier alpha value is -3.51. The molecule has 6 nitrogen and oxygen atoms in total. The molecule has 1 fully saturated rings. The highest BCUT2D eigenvalue weighted by Crippen LogP contribution is 2.25. The molecule has 0 aliphatic carbocycles. The van der Waals surface area contributed by atoms with Crippen LogP contribution in [0.3, 0.4) is 0 Å². The molecule has 162 valence electrons. The monoisotopic (exact) mass is 427 g/mol. The molecule has 1 aliphatic rings. The van der Waals surface area contributed by atoms with Crippen LogP contribution in [-0.2, 0) is 6.42 Å². The van der Waals surface area contributed by atoms with Gasteiger partial charge in [-0.05, 0) is 49.5 Å². The molecule has 0 saturated carbocycles. The summed E-state index contributed by atoms with van der Waals surface area (Å²) >= 11 is 0. The number of ether oxygens (including phenoxy) is 1. The van der Waals surface area contributed by atoms with Crippen LogP contribution in [0, 0.1) is 0 Å². The Morgan fingerprint density at radius 1 is 1.09 bits per heavy atom. The van der Waals surface area contributed by atoms with E-state index in [2.05, 4.69) is 21.9 Å². The molecule has 2 aromatic heterocycles. The van der Waals surface area contributed by atoms with Gasteiger partial charge in [-0.15, -0.1) is 0 Å². The fraction of sp³-hybridized carbons (Fsp3) is 0.269. The summed E-state index contributed by atoms with van der Waals surface area (Å²) in [5, 5.41) is 2.02. The molecular formula is C26H25N3O3. The van der Waals surface area contributed by atoms with E-state index in [1.54, 1.807) is 6.20 Å². The SMILES string of the molecule is CN1CCC(Oc2cccc(C(=O)Cc3cc4cc(-c5cnco5)ccc4cn3)c2)CC1. The number of carbonyl (C=O) groups is 1. The summed E-state index contributed by atoms with van der Waals surface area (Å²) in [7, 11) is 2.13. The highest BCUT2D eigenvalue weighted by molar-refractivity contribution is 5.98. The molecule has 1 saturated heterocycles. The van der Waals surface area contributed by atoms with Gasteiger partial charge < -0.3 is 14.1 Å². The van der Waals surface area contributed by atoms with Crippen LogP contribution >= 0.6 is 0 Å². The number of aromatic nitrogens is 2. The lowest BCUT2D eigenvalue weighted by Crippen LogP contribution is -2.35. The molecule has 0 spiro atoms. The first-order valence-corrected chi connectivity index (χ1v) is 10.9. The van der Waals surface area contributed by atoms with Gasteiger partial charge in [-0.25, -0.2) is 4.98 Å². The van der Waals surface area contributed by atoms with Gasteiger partial charge >= 0.3 is 0 Å². The molecule has 0 N–H and O–H groups in total. The smallest absolute Gasteiger partial charge is 0.181 e. The number of hydrogen-bond acceptors (Lipinski definition) is 6. The first kappa shape index (κ1) is 20.4. The molecule has 3 heterocycles. The quantitative estimate of drug-likeness (QED) is 0.412. The molecule has 0 unspecified atom stereocenters. The van der Waals surface area contributed by atoms with Crippen molar-refractivity contribution in [2.45, 2.75) is 25.4 Å². The van der Waals surface area contributed by atoms with E-state index in [-0.39, 0.29) is 18.3 Å². The van der Waals surface area contributed by atoms with Gasteiger partial charge in [0.25, 0.3) is 0 Å². The van der Waals surface area contributed by atoms with E-state index in [4.69, 9.17) is 9.15 Å². The van der Waals surface area contributed by atoms with Crippen molar-refractivity contribution < 1.29 is 13.9 Å². The summed E-state index contributed by atoms with van der Waals surface area (Å²) in [5.41, 5.74) is 2.32. The summed E-state index contributed by atoms with van der Waals surface area (Å²) in [6.07, 6.45) is 7.37. The molecular weight excluding hydrogens is 402 g/mol. The number of Topliss-reactive ketones (excluding diaryl/α,β-unsaturated/α-hetero) is 1. The van der Waals surface area contributed by atoms with Crippen molar-refractivity contribution in [3.8, 4) is 17.1 Å². The normalized spacial score (nSPS) is 15.2. The third kappa shape index (κ3) is 4.55. The molecule has 1 aliphatic heterocycles. The topological polar surface area (TPSA) is 68.5 Å². The number of nitrogens with zero attached hydrogens (tertiary/aromatic N) is 3. The van der Waals surface area contributed by atoms with E-state index in [1.165, 1.54) is 6.39 Å². The van der Waals surface area contributed by atoms with Crippen LogP contribution in [0.2, 0.25) is 0 Å². The highest BCUT2D eigenvalue weighted by Gasteiger charge is 2.18. The number of oxazole rings is 1. The van der Waals surface area contributed by atoms with Gasteiger partial charge in [0.05, 0.1) is 12.6 Å². The van der Waals surface area contributed by atoms with Crippen molar-refractivity contribution in [2.75, 3.05) is 20.1 Å². The van der Waals surface area contributed by atoms with Crippen molar-refractivity contribution in [1.29, 1.82) is 0 Å². The second-order valence-corrected chi connectivity index (χ2v) is 8.35. The predicted octanol–water partition coefficient (Wildman–Crippen LogP) is 4.79. The summed E-state index contributed by atoms with van der Waals surface area (Å²) in [6, 6.07) is 15.5. The van der Waals surface area contributed by atoms with E-state index >= 15 is 0 Å². The average Bonchev–Trinajstić information content (AvgIpc) is 3.35. The molecule has 6 heteroatoms. The minimum atomic E-state index is 0.0251. The van der Waals surface area contributed by atoms with Crippen LogP contribution in [0.4, 0.5) is 0 Å². The number of likely N-dealkylation sites (tertiary alicyclic amines) is 1. The number of benzene rings is 2. The van der Waals surface area contributed by atoms with Gasteiger partial charge in [-0.1, -0.05) is 24.3 Å². The van der Waals surface area contributed by atoms with Crippen LogP contribution < -0.4 is 4.74 Å². The third-order valence-corrected chi connectivity index (χ3v) is 5.96. The summed E-state index contributed by atoms with van der Waals surface area (Å²) < 4.78 is 11.5. The van der Waals surface area contributed by atoms with Gasteiger partial charge in [-0.2, -0.15) is 0 Å². The zero-order valence-electron chi connectivity index (χ0n) is 18.0. The van der Waals surface area contributed by atoms with Gasteiger partial charge in [-0.3, -0.25) is 9.78 Å². The number of fused-ring (bicyclic) bond motifs is 1. The van der Waals surface area contributed by atoms with Crippen LogP contribution in [0.25, 0.3) is 22.1 Å². The van der Waals surface area contributed by atoms with Crippen LogP contribution in [0.1, 0.15) is 28.9 Å². The minimum absolute atomic E-state index is 0.0251. The summed E-state index contributed by atoms with van der Waals surface area (Å²) in [5.74, 6) is 1.49. The summed E-state index contributed by atoms with van der Waals surface area (Å²) in [6.45, 7) is 2.07. The zero-order valence-corrected chi connectivity index (χ0v) is 18.0. The number of carbonyl (C=O) groups excluding carboxylic acids is 1. The average molecular weight is 428 g/mol. The summed E-state index contributed by atoms with van der Waals surface area (Å²) in [4.78, 5) is 23.8. The molecule has 0 amide bonds. The Balaban J connectivity index is 1.31. The van der Waals surface area contributed by atoms with E-state index in [0.29, 0.717) is 11.3 Å². The Morgan fingerprint density at radius 3 is 2.78 bits per heavy atom. The van der Waals surface area contributed by atoms with Crippen molar-refractivity contribution >= 4 is 16.6 Å². The van der Waals surface area contributed by atoms with Crippen molar-refractivity contribution in [3.05, 3.63) is 78.6 Å². The maximum absolute atomic E-state index is 13.0. The molecule has 4 aromatic rings. The molecule has 5 rings (SSSR count). The fourth-order valence-corrected chi connectivity index (χ4v) is 4.10. The van der Waals surface area contributed by atoms with E-state index in [0.717, 1.165) is 53.7 Å². The zero-order chi connectivity index (χ0) is 21.9. The molecule has 0 atom stereocenters. The highest BCUT2D eigenvalue weighted by atomic mass is 16.5. The lowest BCUT2D eigenvalue weighted by atomic mass is 10.0. The van der Waals surface area contributed by atoms with E-state index in [9.17, 15) is 4.79 Å². The Bertz CT molecular complexity index is 1230. The molecule has 0 bridgehead atoms. The van der Waals surface area contributed by atoms with Crippen molar-refractivity contribution in [1.82, 2.24) is 14.9 Å². The number of pyridine rings is 1. The largest absolute Gasteiger partial charge is 0.490 e. The van der Waals surface area contributed by atoms with E-state index < -0.39 is 0 Å². The van der Waals surface area contributed by atoms with Crippen LogP contribution in [0.15, 0.2) is 71.7 Å². The van der Waals surface area contributed by atoms with Crippen LogP contribution in [-0.4, -0.2) is 46.9 Å². The lowest BCUT2D eigenvalue weighted by Gasteiger charge is -2.29. The Labute approximate surface area is 186 Å². The lowest BCUT2D eigenvalue weighted by molar-refractivity contribution is 0.0988. The number of piperidine rings is 1. The van der Waals surface area contributed by atoms with Gasteiger partial charge in [0.2, 0.25) is 0 Å². The first-order chi connectivity index (χ1) is 15.6. The number of rotatable bonds is 6. The Morgan fingerprint density at radius 2 is 1.97 bits per heavy atom. The fourth-order valence-electron chi connectivity index (χ4n) is 4.10. The van der Waals surface area contributed by atoms with Gasteiger partial charge in [0.1, 0.15) is 11.9 Å². The van der Waals surface area contributed by atoms with Crippen molar-refractivity contribution in [2.24, 2.45) is 0 Å². The van der Waals surface area contributed by atoms with E-state index in [1.807, 2.05) is 54.7 Å². The second kappa shape index (κ2) is 8.93. The maximum Gasteiger partial charge on any atom is 0.181 e. The first-order valence-electron chi connectivity index (χ1n) is 10.9. The van der Waals surface area contributed by atoms with Gasteiger partial charge in [0.15, 0.2) is 17.9 Å². The second-order valence-electron chi connectivity index (χ2n) is 8.35. The van der Waals surface area contributed by atoms with Gasteiger partial charge in [0, 0.05) is 41.5 Å². The number of ketones is 1.